The van der Waals surface area contributed by atoms with Crippen LogP contribution in [0.25, 0.3) is 0 Å². The fourth-order valence-electron chi connectivity index (χ4n) is 2.23. The number of aryl methyl sites for hydroxylation is 1. The predicted molar refractivity (Wildman–Crippen MR) is 81.6 cm³/mol. The van der Waals surface area contributed by atoms with Crippen molar-refractivity contribution in [3.05, 3.63) is 35.4 Å². The highest BCUT2D eigenvalue weighted by molar-refractivity contribution is 5.84. The van der Waals surface area contributed by atoms with Gasteiger partial charge in [-0.3, -0.25) is 14.4 Å². The van der Waals surface area contributed by atoms with Crippen molar-refractivity contribution in [2.24, 2.45) is 5.92 Å². The van der Waals surface area contributed by atoms with Crippen molar-refractivity contribution in [2.75, 3.05) is 6.61 Å². The third kappa shape index (κ3) is 4.56. The number of hydrogen-bond donors (Lipinski definition) is 0. The number of ether oxygens (including phenoxy) is 1. The van der Waals surface area contributed by atoms with Crippen molar-refractivity contribution < 1.29 is 19.2 Å². The van der Waals surface area contributed by atoms with Gasteiger partial charge in [0.25, 0.3) is 5.91 Å². The first-order chi connectivity index (χ1) is 10.2. The van der Waals surface area contributed by atoms with Gasteiger partial charge < -0.3 is 4.74 Å². The van der Waals surface area contributed by atoms with E-state index >= 15 is 0 Å². The van der Waals surface area contributed by atoms with Crippen LogP contribution in [0, 0.1) is 12.8 Å². The number of benzene rings is 1. The number of carbonyl (C=O) groups is 2. The minimum absolute atomic E-state index is 0.0561. The zero-order valence-electron chi connectivity index (χ0n) is 13.6. The molecule has 0 N–H and O–H groups in total. The molecule has 120 valence electrons. The van der Waals surface area contributed by atoms with Crippen molar-refractivity contribution in [3.8, 4) is 0 Å². The molecule has 5 heteroatoms. The largest absolute Gasteiger partial charge is 0.460 e. The molecule has 5 nitrogen and oxygen atoms in total. The quantitative estimate of drug-likeness (QED) is 0.802. The molecule has 0 radical (unpaired) electrons. The van der Waals surface area contributed by atoms with Crippen LogP contribution in [0.5, 0.6) is 0 Å². The molecule has 22 heavy (non-hydrogen) atoms. The van der Waals surface area contributed by atoms with Crippen LogP contribution in [0.15, 0.2) is 24.3 Å². The minimum atomic E-state index is -0.540. The molecular formula is C17H23NO4. The number of carbonyl (C=O) groups excluding carboxylic acids is 2. The highest BCUT2D eigenvalue weighted by atomic mass is 16.7. The van der Waals surface area contributed by atoms with Crippen LogP contribution in [-0.4, -0.2) is 29.1 Å². The Labute approximate surface area is 131 Å². The molecule has 0 aliphatic carbocycles. The van der Waals surface area contributed by atoms with Gasteiger partial charge in [-0.05, 0) is 33.3 Å². The Morgan fingerprint density at radius 3 is 2.55 bits per heavy atom. The fraction of sp³-hybridized carbons (Fsp3) is 0.529. The lowest BCUT2D eigenvalue weighted by Gasteiger charge is -2.20. The van der Waals surface area contributed by atoms with Crippen molar-refractivity contribution in [3.63, 3.8) is 0 Å². The molecule has 1 atom stereocenters. The summed E-state index contributed by atoms with van der Waals surface area (Å²) in [6, 6.07) is 7.92. The molecule has 1 amide bonds. The van der Waals surface area contributed by atoms with E-state index in [-0.39, 0.29) is 24.9 Å². The number of rotatable bonds is 4. The lowest BCUT2D eigenvalue weighted by Crippen LogP contribution is -2.29. The highest BCUT2D eigenvalue weighted by Gasteiger charge is 2.35. The molecule has 2 rings (SSSR count). The second-order valence-corrected chi connectivity index (χ2v) is 6.64. The van der Waals surface area contributed by atoms with Gasteiger partial charge in [-0.15, -0.1) is 0 Å². The van der Waals surface area contributed by atoms with Gasteiger partial charge in [0.1, 0.15) is 5.60 Å². The zero-order valence-corrected chi connectivity index (χ0v) is 13.6. The normalized spacial score (nSPS) is 18.6. The van der Waals surface area contributed by atoms with E-state index in [4.69, 9.17) is 9.57 Å². The van der Waals surface area contributed by atoms with Gasteiger partial charge in [0.15, 0.2) is 0 Å². The molecule has 0 spiro atoms. The van der Waals surface area contributed by atoms with E-state index in [0.717, 1.165) is 5.56 Å². The molecule has 1 fully saturated rings. The summed E-state index contributed by atoms with van der Waals surface area (Å²) in [4.78, 5) is 29.5. The second-order valence-electron chi connectivity index (χ2n) is 6.64. The Morgan fingerprint density at radius 1 is 1.32 bits per heavy atom. The van der Waals surface area contributed by atoms with Gasteiger partial charge in [-0.25, -0.2) is 5.06 Å². The maximum Gasteiger partial charge on any atom is 0.307 e. The van der Waals surface area contributed by atoms with E-state index in [1.165, 1.54) is 10.6 Å². The lowest BCUT2D eigenvalue weighted by atomic mass is 10.1. The maximum atomic E-state index is 12.3. The molecular weight excluding hydrogens is 282 g/mol. The lowest BCUT2D eigenvalue weighted by molar-refractivity contribution is -0.165. The molecule has 0 saturated carbocycles. The highest BCUT2D eigenvalue weighted by Crippen LogP contribution is 2.22. The van der Waals surface area contributed by atoms with E-state index in [1.54, 1.807) is 0 Å². The SMILES string of the molecule is Cc1ccc(CN2OC[C@@H](CC(=O)OC(C)(C)C)C2=O)cc1. The third-order valence-electron chi connectivity index (χ3n) is 3.31. The molecule has 1 heterocycles. The van der Waals surface area contributed by atoms with Gasteiger partial charge in [0, 0.05) is 0 Å². The van der Waals surface area contributed by atoms with Gasteiger partial charge in [-0.2, -0.15) is 0 Å². The Hall–Kier alpha value is -1.88. The Balaban J connectivity index is 1.89. The standard InChI is InChI=1S/C17H23NO4/c1-12-5-7-13(8-6-12)10-18-16(20)14(11-21-18)9-15(19)22-17(2,3)4/h5-8,14H,9-11H2,1-4H3/t14-/m1/s1. The number of hydroxylamine groups is 2. The van der Waals surface area contributed by atoms with Crippen LogP contribution >= 0.6 is 0 Å². The van der Waals surface area contributed by atoms with Gasteiger partial charge in [-0.1, -0.05) is 29.8 Å². The molecule has 1 aliphatic heterocycles. The number of esters is 1. The summed E-state index contributed by atoms with van der Waals surface area (Å²) in [5.41, 5.74) is 1.62. The predicted octanol–water partition coefficient (Wildman–Crippen LogP) is 2.62. The molecule has 0 bridgehead atoms. The summed E-state index contributed by atoms with van der Waals surface area (Å²) >= 11 is 0. The van der Waals surface area contributed by atoms with Crippen molar-refractivity contribution in [1.29, 1.82) is 0 Å². The molecule has 1 aliphatic rings. The summed E-state index contributed by atoms with van der Waals surface area (Å²) in [6.45, 7) is 8.05. The van der Waals surface area contributed by atoms with Gasteiger partial charge >= 0.3 is 5.97 Å². The van der Waals surface area contributed by atoms with Gasteiger partial charge in [0.05, 0.1) is 25.5 Å². The average Bonchev–Trinajstić information content (AvgIpc) is 2.72. The van der Waals surface area contributed by atoms with Gasteiger partial charge in [0.2, 0.25) is 0 Å². The first kappa shape index (κ1) is 16.5. The Kier molecular flexibility index (Phi) is 4.86. The van der Waals surface area contributed by atoms with Crippen LogP contribution < -0.4 is 0 Å². The molecule has 1 aromatic carbocycles. The third-order valence-corrected chi connectivity index (χ3v) is 3.31. The smallest absolute Gasteiger partial charge is 0.307 e. The summed E-state index contributed by atoms with van der Waals surface area (Å²) in [6.07, 6.45) is 0.0561. The number of nitrogens with zero attached hydrogens (tertiary/aromatic N) is 1. The topological polar surface area (TPSA) is 55.8 Å². The fourth-order valence-corrected chi connectivity index (χ4v) is 2.23. The van der Waals surface area contributed by atoms with E-state index in [2.05, 4.69) is 0 Å². The van der Waals surface area contributed by atoms with Crippen molar-refractivity contribution in [2.45, 2.75) is 46.3 Å². The summed E-state index contributed by atoms with van der Waals surface area (Å²) in [7, 11) is 0. The second kappa shape index (κ2) is 6.48. The molecule has 1 saturated heterocycles. The Morgan fingerprint density at radius 2 is 1.95 bits per heavy atom. The molecule has 1 aromatic rings. The van der Waals surface area contributed by atoms with Crippen LogP contribution in [0.2, 0.25) is 0 Å². The summed E-state index contributed by atoms with van der Waals surface area (Å²) < 4.78 is 5.25. The van der Waals surface area contributed by atoms with Crippen LogP contribution in [0.3, 0.4) is 0 Å². The van der Waals surface area contributed by atoms with Crippen molar-refractivity contribution >= 4 is 11.9 Å². The molecule has 0 aromatic heterocycles. The van der Waals surface area contributed by atoms with Crippen LogP contribution in [0.4, 0.5) is 0 Å². The molecule has 0 unspecified atom stereocenters. The van der Waals surface area contributed by atoms with Crippen molar-refractivity contribution in [1.82, 2.24) is 5.06 Å². The first-order valence-electron chi connectivity index (χ1n) is 7.46. The van der Waals surface area contributed by atoms with Crippen LogP contribution in [0.1, 0.15) is 38.3 Å². The maximum absolute atomic E-state index is 12.3. The summed E-state index contributed by atoms with van der Waals surface area (Å²) in [5, 5.41) is 1.33. The monoisotopic (exact) mass is 305 g/mol. The first-order valence-corrected chi connectivity index (χ1v) is 7.46. The van der Waals surface area contributed by atoms with E-state index in [0.29, 0.717) is 6.54 Å². The van der Waals surface area contributed by atoms with E-state index in [9.17, 15) is 9.59 Å². The number of amides is 1. The summed E-state index contributed by atoms with van der Waals surface area (Å²) in [5.74, 6) is -0.988. The zero-order chi connectivity index (χ0) is 16.3. The van der Waals surface area contributed by atoms with Crippen LogP contribution in [-0.2, 0) is 25.7 Å². The van der Waals surface area contributed by atoms with E-state index in [1.807, 2.05) is 52.0 Å². The number of hydrogen-bond acceptors (Lipinski definition) is 4. The minimum Gasteiger partial charge on any atom is -0.460 e. The van der Waals surface area contributed by atoms with E-state index < -0.39 is 11.5 Å². The Bertz CT molecular complexity index is 545. The average molecular weight is 305 g/mol.